The smallest absolute Gasteiger partial charge is 0.231 e. The molecule has 0 amide bonds. The van der Waals surface area contributed by atoms with Crippen LogP contribution in [0.3, 0.4) is 0 Å². The summed E-state index contributed by atoms with van der Waals surface area (Å²) in [5.74, 6) is 3.45. The predicted octanol–water partition coefficient (Wildman–Crippen LogP) is 3.96. The number of benzene rings is 1. The topological polar surface area (TPSA) is 60.2 Å². The first kappa shape index (κ1) is 21.1. The van der Waals surface area contributed by atoms with E-state index in [2.05, 4.69) is 16.7 Å². The Morgan fingerprint density at radius 2 is 1.81 bits per heavy atom. The lowest BCUT2D eigenvalue weighted by atomic mass is 9.89. The number of hydrogen-bond acceptors (Lipinski definition) is 7. The molecule has 8 heteroatoms. The normalized spacial score (nSPS) is 21.5. The first-order valence-corrected chi connectivity index (χ1v) is 11.6. The van der Waals surface area contributed by atoms with Crippen molar-refractivity contribution in [3.63, 3.8) is 0 Å². The zero-order valence-corrected chi connectivity index (χ0v) is 19.0. The lowest BCUT2D eigenvalue weighted by Gasteiger charge is -2.40. The Morgan fingerprint density at radius 1 is 1.10 bits per heavy atom. The SMILES string of the molecule is Cc1oc(-c2cc3c(cc2Cl)OCO3)nc1CN1CCC([C@H](C)N2CCOCC2)CC1. The molecule has 5 rings (SSSR count). The molecule has 2 aromatic rings. The van der Waals surface area contributed by atoms with E-state index in [1.54, 1.807) is 6.07 Å². The highest BCUT2D eigenvalue weighted by atomic mass is 35.5. The van der Waals surface area contributed by atoms with Crippen molar-refractivity contribution in [3.05, 3.63) is 28.6 Å². The molecular formula is C23H30ClN3O4. The zero-order valence-electron chi connectivity index (χ0n) is 18.2. The second kappa shape index (κ2) is 8.98. The van der Waals surface area contributed by atoms with Crippen LogP contribution in [0, 0.1) is 12.8 Å². The van der Waals surface area contributed by atoms with Gasteiger partial charge in [-0.3, -0.25) is 9.80 Å². The van der Waals surface area contributed by atoms with Crippen LogP contribution in [0.4, 0.5) is 0 Å². The molecule has 0 aliphatic carbocycles. The third-order valence-electron chi connectivity index (χ3n) is 6.89. The minimum absolute atomic E-state index is 0.213. The maximum Gasteiger partial charge on any atom is 0.231 e. The summed E-state index contributed by atoms with van der Waals surface area (Å²) in [4.78, 5) is 9.85. The number of piperidine rings is 1. The van der Waals surface area contributed by atoms with E-state index in [0.717, 1.165) is 68.9 Å². The third-order valence-corrected chi connectivity index (χ3v) is 7.21. The zero-order chi connectivity index (χ0) is 21.4. The average Bonchev–Trinajstić information content (AvgIpc) is 3.39. The van der Waals surface area contributed by atoms with Crippen molar-refractivity contribution < 1.29 is 18.6 Å². The molecule has 0 saturated carbocycles. The number of aromatic nitrogens is 1. The first-order valence-electron chi connectivity index (χ1n) is 11.2. The van der Waals surface area contributed by atoms with E-state index in [0.29, 0.717) is 28.5 Å². The Kier molecular flexibility index (Phi) is 6.10. The number of rotatable bonds is 5. The van der Waals surface area contributed by atoms with Gasteiger partial charge in [-0.05, 0) is 51.8 Å². The highest BCUT2D eigenvalue weighted by molar-refractivity contribution is 6.33. The van der Waals surface area contributed by atoms with Crippen LogP contribution in [0.25, 0.3) is 11.5 Å². The maximum atomic E-state index is 6.45. The van der Waals surface area contributed by atoms with Crippen molar-refractivity contribution in [2.24, 2.45) is 5.92 Å². The number of likely N-dealkylation sites (tertiary alicyclic amines) is 1. The van der Waals surface area contributed by atoms with Gasteiger partial charge in [0.2, 0.25) is 12.7 Å². The summed E-state index contributed by atoms with van der Waals surface area (Å²) in [6.45, 7) is 11.4. The Balaban J connectivity index is 1.22. The highest BCUT2D eigenvalue weighted by Crippen LogP contribution is 2.41. The molecule has 3 aliphatic heterocycles. The van der Waals surface area contributed by atoms with Crippen LogP contribution in [0.5, 0.6) is 11.5 Å². The Bertz CT molecular complexity index is 920. The Labute approximate surface area is 188 Å². The largest absolute Gasteiger partial charge is 0.454 e. The summed E-state index contributed by atoms with van der Waals surface area (Å²) >= 11 is 6.45. The Morgan fingerprint density at radius 3 is 2.55 bits per heavy atom. The highest BCUT2D eigenvalue weighted by Gasteiger charge is 2.29. The monoisotopic (exact) mass is 447 g/mol. The molecule has 31 heavy (non-hydrogen) atoms. The molecule has 0 radical (unpaired) electrons. The fourth-order valence-corrected chi connectivity index (χ4v) is 5.09. The molecule has 1 aromatic heterocycles. The van der Waals surface area contributed by atoms with Gasteiger partial charge >= 0.3 is 0 Å². The van der Waals surface area contributed by atoms with Gasteiger partial charge in [0, 0.05) is 31.7 Å². The standard InChI is InChI=1S/C23H30ClN3O4/c1-15(27-7-9-28-10-8-27)17-3-5-26(6-4-17)13-20-16(2)31-23(25-20)18-11-21-22(12-19(18)24)30-14-29-21/h11-12,15,17H,3-10,13-14H2,1-2H3/t15-/m0/s1. The van der Waals surface area contributed by atoms with Gasteiger partial charge in [0.05, 0.1) is 29.5 Å². The molecule has 3 aliphatic rings. The summed E-state index contributed by atoms with van der Waals surface area (Å²) in [5.41, 5.74) is 1.71. The molecule has 0 N–H and O–H groups in total. The van der Waals surface area contributed by atoms with Gasteiger partial charge < -0.3 is 18.6 Å². The summed E-state index contributed by atoms with van der Waals surface area (Å²) in [6, 6.07) is 4.23. The third kappa shape index (κ3) is 4.42. The Hall–Kier alpha value is -1.80. The van der Waals surface area contributed by atoms with Gasteiger partial charge in [-0.25, -0.2) is 4.98 Å². The molecular weight excluding hydrogens is 418 g/mol. The van der Waals surface area contributed by atoms with Crippen LogP contribution >= 0.6 is 11.6 Å². The van der Waals surface area contributed by atoms with E-state index in [1.165, 1.54) is 12.8 Å². The van der Waals surface area contributed by atoms with Crippen molar-refractivity contribution in [3.8, 4) is 23.0 Å². The van der Waals surface area contributed by atoms with Crippen LogP contribution in [0.1, 0.15) is 31.2 Å². The summed E-state index contributed by atoms with van der Waals surface area (Å²) in [7, 11) is 0. The van der Waals surface area contributed by atoms with Gasteiger partial charge in [0.1, 0.15) is 5.76 Å². The molecule has 1 atom stereocenters. The van der Waals surface area contributed by atoms with Crippen molar-refractivity contribution >= 4 is 11.6 Å². The molecule has 2 saturated heterocycles. The van der Waals surface area contributed by atoms with E-state index in [-0.39, 0.29) is 6.79 Å². The lowest BCUT2D eigenvalue weighted by Crippen LogP contribution is -2.48. The average molecular weight is 448 g/mol. The number of halogens is 1. The molecule has 0 unspecified atom stereocenters. The molecule has 168 valence electrons. The fraction of sp³-hybridized carbons (Fsp3) is 0.609. The van der Waals surface area contributed by atoms with Crippen LogP contribution in [-0.4, -0.2) is 67.0 Å². The number of aryl methyl sites for hydroxylation is 1. The number of oxazole rings is 1. The second-order valence-corrected chi connectivity index (χ2v) is 9.12. The molecule has 4 heterocycles. The maximum absolute atomic E-state index is 6.45. The van der Waals surface area contributed by atoms with Crippen molar-refractivity contribution in [1.82, 2.24) is 14.8 Å². The summed E-state index contributed by atoms with van der Waals surface area (Å²) < 4.78 is 22.4. The van der Waals surface area contributed by atoms with E-state index < -0.39 is 0 Å². The van der Waals surface area contributed by atoms with Crippen molar-refractivity contribution in [2.75, 3.05) is 46.2 Å². The van der Waals surface area contributed by atoms with Gasteiger partial charge in [0.15, 0.2) is 11.5 Å². The number of ether oxygens (including phenoxy) is 3. The van der Waals surface area contributed by atoms with E-state index in [1.807, 2.05) is 13.0 Å². The lowest BCUT2D eigenvalue weighted by molar-refractivity contribution is -0.00199. The number of morpholine rings is 1. The number of nitrogens with zero attached hydrogens (tertiary/aromatic N) is 3. The minimum Gasteiger partial charge on any atom is -0.454 e. The van der Waals surface area contributed by atoms with Crippen molar-refractivity contribution in [2.45, 2.75) is 39.3 Å². The van der Waals surface area contributed by atoms with Crippen LogP contribution in [-0.2, 0) is 11.3 Å². The van der Waals surface area contributed by atoms with Crippen LogP contribution in [0.2, 0.25) is 5.02 Å². The number of fused-ring (bicyclic) bond motifs is 1. The van der Waals surface area contributed by atoms with Gasteiger partial charge in [0.25, 0.3) is 0 Å². The molecule has 1 aromatic carbocycles. The van der Waals surface area contributed by atoms with Gasteiger partial charge in [-0.1, -0.05) is 11.6 Å². The van der Waals surface area contributed by atoms with Gasteiger partial charge in [-0.2, -0.15) is 0 Å². The van der Waals surface area contributed by atoms with Gasteiger partial charge in [-0.15, -0.1) is 0 Å². The molecule has 7 nitrogen and oxygen atoms in total. The van der Waals surface area contributed by atoms with Crippen molar-refractivity contribution in [1.29, 1.82) is 0 Å². The fourth-order valence-electron chi connectivity index (χ4n) is 4.86. The summed E-state index contributed by atoms with van der Waals surface area (Å²) in [6.07, 6.45) is 2.44. The second-order valence-electron chi connectivity index (χ2n) is 8.71. The molecule has 2 fully saturated rings. The molecule has 0 bridgehead atoms. The predicted molar refractivity (Wildman–Crippen MR) is 118 cm³/mol. The van der Waals surface area contributed by atoms with E-state index in [9.17, 15) is 0 Å². The number of hydrogen-bond donors (Lipinski definition) is 0. The van der Waals surface area contributed by atoms with Crippen LogP contribution < -0.4 is 9.47 Å². The van der Waals surface area contributed by atoms with E-state index >= 15 is 0 Å². The van der Waals surface area contributed by atoms with Crippen LogP contribution in [0.15, 0.2) is 16.5 Å². The van der Waals surface area contributed by atoms with E-state index in [4.69, 9.17) is 35.2 Å². The molecule has 0 spiro atoms. The minimum atomic E-state index is 0.213. The first-order chi connectivity index (χ1) is 15.1. The quantitative estimate of drug-likeness (QED) is 0.687. The summed E-state index contributed by atoms with van der Waals surface area (Å²) in [5, 5.41) is 0.551.